The maximum Gasteiger partial charge on any atom is 0.416 e. The fraction of sp³-hybridized carbons (Fsp3) is 0.400. The Kier molecular flexibility index (Phi) is 4.80. The van der Waals surface area contributed by atoms with Crippen molar-refractivity contribution in [3.63, 3.8) is 0 Å². The van der Waals surface area contributed by atoms with Crippen molar-refractivity contribution in [3.05, 3.63) is 35.4 Å². The van der Waals surface area contributed by atoms with Gasteiger partial charge in [-0.25, -0.2) is 0 Å². The summed E-state index contributed by atoms with van der Waals surface area (Å²) in [7, 11) is 0. The van der Waals surface area contributed by atoms with Crippen LogP contribution in [0.25, 0.3) is 0 Å². The SMILES string of the molecule is FC(F)(F)c1cccc(CSCCCl)c1. The van der Waals surface area contributed by atoms with E-state index in [9.17, 15) is 13.2 Å². The van der Waals surface area contributed by atoms with E-state index in [2.05, 4.69) is 0 Å². The predicted octanol–water partition coefficient (Wildman–Crippen LogP) is 4.18. The van der Waals surface area contributed by atoms with Crippen LogP contribution in [-0.2, 0) is 11.9 Å². The summed E-state index contributed by atoms with van der Waals surface area (Å²) >= 11 is 7.00. The lowest BCUT2D eigenvalue weighted by atomic mass is 10.1. The zero-order chi connectivity index (χ0) is 11.3. The lowest BCUT2D eigenvalue weighted by molar-refractivity contribution is -0.137. The maximum absolute atomic E-state index is 12.3. The van der Waals surface area contributed by atoms with Crippen LogP contribution in [0.3, 0.4) is 0 Å². The number of alkyl halides is 4. The van der Waals surface area contributed by atoms with Crippen LogP contribution in [0.4, 0.5) is 13.2 Å². The molecule has 1 aromatic rings. The molecule has 0 heterocycles. The number of benzene rings is 1. The normalized spacial score (nSPS) is 11.7. The topological polar surface area (TPSA) is 0 Å². The van der Waals surface area contributed by atoms with Gasteiger partial charge in [-0.15, -0.1) is 11.6 Å². The third kappa shape index (κ3) is 4.34. The highest BCUT2D eigenvalue weighted by molar-refractivity contribution is 7.98. The van der Waals surface area contributed by atoms with E-state index < -0.39 is 11.7 Å². The average Bonchev–Trinajstić information content (AvgIpc) is 2.17. The summed E-state index contributed by atoms with van der Waals surface area (Å²) < 4.78 is 37.0. The largest absolute Gasteiger partial charge is 0.416 e. The average molecular weight is 255 g/mol. The second-order valence-corrected chi connectivity index (χ2v) is 4.42. The second kappa shape index (κ2) is 5.66. The Labute approximate surface area is 95.8 Å². The van der Waals surface area contributed by atoms with Crippen LogP contribution in [0.2, 0.25) is 0 Å². The standard InChI is InChI=1S/C10H10ClF3S/c11-4-5-15-7-8-2-1-3-9(6-8)10(12,13)14/h1-3,6H,4-5,7H2. The van der Waals surface area contributed by atoms with E-state index in [0.29, 0.717) is 17.2 Å². The molecule has 0 atom stereocenters. The highest BCUT2D eigenvalue weighted by Gasteiger charge is 2.30. The summed E-state index contributed by atoms with van der Waals surface area (Å²) in [6.07, 6.45) is -4.26. The summed E-state index contributed by atoms with van der Waals surface area (Å²) in [5.74, 6) is 1.83. The van der Waals surface area contributed by atoms with Gasteiger partial charge in [0.2, 0.25) is 0 Å². The van der Waals surface area contributed by atoms with Crippen LogP contribution < -0.4 is 0 Å². The Hall–Kier alpha value is -0.350. The van der Waals surface area contributed by atoms with Crippen molar-refractivity contribution < 1.29 is 13.2 Å². The Balaban J connectivity index is 2.66. The summed E-state index contributed by atoms with van der Waals surface area (Å²) in [5.41, 5.74) is 0.0893. The van der Waals surface area contributed by atoms with Gasteiger partial charge in [-0.2, -0.15) is 24.9 Å². The van der Waals surface area contributed by atoms with Crippen molar-refractivity contribution in [3.8, 4) is 0 Å². The minimum atomic E-state index is -4.26. The maximum atomic E-state index is 12.3. The minimum Gasteiger partial charge on any atom is -0.166 e. The van der Waals surface area contributed by atoms with Crippen molar-refractivity contribution >= 4 is 23.4 Å². The molecule has 0 unspecified atom stereocenters. The van der Waals surface area contributed by atoms with Crippen molar-refractivity contribution in [2.45, 2.75) is 11.9 Å². The quantitative estimate of drug-likeness (QED) is 0.574. The number of hydrogen-bond donors (Lipinski definition) is 0. The molecule has 0 saturated heterocycles. The molecule has 0 amide bonds. The molecule has 0 saturated carbocycles. The van der Waals surface area contributed by atoms with E-state index in [1.165, 1.54) is 23.9 Å². The van der Waals surface area contributed by atoms with E-state index in [-0.39, 0.29) is 0 Å². The van der Waals surface area contributed by atoms with Crippen LogP contribution in [0, 0.1) is 0 Å². The summed E-state index contributed by atoms with van der Waals surface area (Å²) in [6.45, 7) is 0. The van der Waals surface area contributed by atoms with Gasteiger partial charge in [-0.1, -0.05) is 18.2 Å². The first kappa shape index (κ1) is 12.7. The first-order valence-corrected chi connectivity index (χ1v) is 6.03. The third-order valence-corrected chi connectivity index (χ3v) is 3.19. The van der Waals surface area contributed by atoms with E-state index in [4.69, 9.17) is 11.6 Å². The molecule has 0 aliphatic rings. The van der Waals surface area contributed by atoms with Crippen LogP contribution in [0.5, 0.6) is 0 Å². The first-order chi connectivity index (χ1) is 7.04. The molecule has 0 nitrogen and oxygen atoms in total. The van der Waals surface area contributed by atoms with Crippen molar-refractivity contribution in [1.82, 2.24) is 0 Å². The monoisotopic (exact) mass is 254 g/mol. The van der Waals surface area contributed by atoms with E-state index in [0.717, 1.165) is 11.8 Å². The van der Waals surface area contributed by atoms with Crippen LogP contribution in [0.1, 0.15) is 11.1 Å². The molecule has 84 valence electrons. The van der Waals surface area contributed by atoms with Crippen molar-refractivity contribution in [1.29, 1.82) is 0 Å². The Morgan fingerprint density at radius 1 is 1.27 bits per heavy atom. The van der Waals surface area contributed by atoms with Gasteiger partial charge in [0.05, 0.1) is 5.56 Å². The molecule has 1 aromatic carbocycles. The van der Waals surface area contributed by atoms with Gasteiger partial charge < -0.3 is 0 Å². The third-order valence-electron chi connectivity index (χ3n) is 1.74. The number of rotatable bonds is 4. The summed E-state index contributed by atoms with van der Waals surface area (Å²) in [4.78, 5) is 0. The van der Waals surface area contributed by atoms with Gasteiger partial charge in [0.15, 0.2) is 0 Å². The van der Waals surface area contributed by atoms with Gasteiger partial charge in [-0.3, -0.25) is 0 Å². The highest BCUT2D eigenvalue weighted by atomic mass is 35.5. The van der Waals surface area contributed by atoms with Gasteiger partial charge in [0.1, 0.15) is 0 Å². The Morgan fingerprint density at radius 2 is 2.00 bits per heavy atom. The molecule has 0 fully saturated rings. The lowest BCUT2D eigenvalue weighted by Gasteiger charge is -2.08. The predicted molar refractivity (Wildman–Crippen MR) is 58.3 cm³/mol. The van der Waals surface area contributed by atoms with Crippen molar-refractivity contribution in [2.24, 2.45) is 0 Å². The molecular formula is C10H10ClF3S. The molecule has 5 heteroatoms. The van der Waals surface area contributed by atoms with Gasteiger partial charge in [0.25, 0.3) is 0 Å². The molecule has 0 bridgehead atoms. The fourth-order valence-electron chi connectivity index (χ4n) is 1.08. The number of thioether (sulfide) groups is 1. The van der Waals surface area contributed by atoms with Crippen LogP contribution in [-0.4, -0.2) is 11.6 Å². The highest BCUT2D eigenvalue weighted by Crippen LogP contribution is 2.30. The molecule has 0 aliphatic carbocycles. The van der Waals surface area contributed by atoms with Crippen molar-refractivity contribution in [2.75, 3.05) is 11.6 Å². The molecule has 0 radical (unpaired) electrons. The van der Waals surface area contributed by atoms with Crippen LogP contribution in [0.15, 0.2) is 24.3 Å². The molecule has 1 rings (SSSR count). The molecule has 15 heavy (non-hydrogen) atoms. The Bertz CT molecular complexity index is 312. The fourth-order valence-corrected chi connectivity index (χ4v) is 2.08. The van der Waals surface area contributed by atoms with E-state index in [1.807, 2.05) is 0 Å². The lowest BCUT2D eigenvalue weighted by Crippen LogP contribution is -2.04. The van der Waals surface area contributed by atoms with Gasteiger partial charge in [0, 0.05) is 17.4 Å². The van der Waals surface area contributed by atoms with Crippen LogP contribution >= 0.6 is 23.4 Å². The zero-order valence-electron chi connectivity index (χ0n) is 7.85. The second-order valence-electron chi connectivity index (χ2n) is 2.94. The molecule has 0 aromatic heterocycles. The van der Waals surface area contributed by atoms with E-state index >= 15 is 0 Å². The summed E-state index contributed by atoms with van der Waals surface area (Å²) in [5, 5.41) is 0. The van der Waals surface area contributed by atoms with Gasteiger partial charge >= 0.3 is 6.18 Å². The molecule has 0 N–H and O–H groups in total. The van der Waals surface area contributed by atoms with E-state index in [1.54, 1.807) is 6.07 Å². The molecular weight excluding hydrogens is 245 g/mol. The number of hydrogen-bond acceptors (Lipinski definition) is 1. The first-order valence-electron chi connectivity index (χ1n) is 4.34. The van der Waals surface area contributed by atoms with Gasteiger partial charge in [-0.05, 0) is 11.6 Å². The molecule has 0 spiro atoms. The number of halogens is 4. The smallest absolute Gasteiger partial charge is 0.166 e. The minimum absolute atomic E-state index is 0.517. The Morgan fingerprint density at radius 3 is 2.60 bits per heavy atom. The zero-order valence-corrected chi connectivity index (χ0v) is 9.42. The molecule has 0 aliphatic heterocycles. The summed E-state index contributed by atoms with van der Waals surface area (Å²) in [6, 6.07) is 5.38.